The van der Waals surface area contributed by atoms with Crippen molar-refractivity contribution < 1.29 is 14.7 Å². The van der Waals surface area contributed by atoms with Crippen molar-refractivity contribution in [3.8, 4) is 0 Å². The third-order valence-corrected chi connectivity index (χ3v) is 7.45. The summed E-state index contributed by atoms with van der Waals surface area (Å²) in [4.78, 5) is 33.2. The van der Waals surface area contributed by atoms with Crippen LogP contribution in [0.2, 0.25) is 0 Å². The lowest BCUT2D eigenvalue weighted by atomic mass is 9.92. The van der Waals surface area contributed by atoms with Crippen LogP contribution in [0.15, 0.2) is 72.3 Å². The molecule has 2 aliphatic heterocycles. The normalized spacial score (nSPS) is 20.1. The Morgan fingerprint density at radius 3 is 2.14 bits per heavy atom. The van der Waals surface area contributed by atoms with Crippen LogP contribution in [0.5, 0.6) is 0 Å². The molecular formula is C31H33N3O3. The first kappa shape index (κ1) is 24.8. The second kappa shape index (κ2) is 9.87. The molecule has 0 spiro atoms. The number of ketones is 1. The van der Waals surface area contributed by atoms with Gasteiger partial charge in [0.25, 0.3) is 11.7 Å². The van der Waals surface area contributed by atoms with Gasteiger partial charge in [-0.1, -0.05) is 47.5 Å². The van der Waals surface area contributed by atoms with Crippen molar-refractivity contribution in [2.45, 2.75) is 26.8 Å². The lowest BCUT2D eigenvalue weighted by Crippen LogP contribution is -2.44. The van der Waals surface area contributed by atoms with Gasteiger partial charge >= 0.3 is 0 Å². The Balaban J connectivity index is 1.61. The Labute approximate surface area is 218 Å². The molecule has 2 aliphatic rings. The molecule has 6 nitrogen and oxygen atoms in total. The zero-order chi connectivity index (χ0) is 26.3. The highest BCUT2D eigenvalue weighted by Gasteiger charge is 2.47. The number of benzene rings is 3. The van der Waals surface area contributed by atoms with Crippen LogP contribution in [0.4, 0.5) is 11.4 Å². The second-order valence-electron chi connectivity index (χ2n) is 10.2. The number of hydrogen-bond acceptors (Lipinski definition) is 5. The monoisotopic (exact) mass is 495 g/mol. The van der Waals surface area contributed by atoms with E-state index in [1.165, 1.54) is 4.90 Å². The highest BCUT2D eigenvalue weighted by molar-refractivity contribution is 6.51. The van der Waals surface area contributed by atoms with Gasteiger partial charge in [-0.05, 0) is 69.3 Å². The summed E-state index contributed by atoms with van der Waals surface area (Å²) in [6.45, 7) is 9.70. The molecule has 0 aliphatic carbocycles. The second-order valence-corrected chi connectivity index (χ2v) is 10.2. The lowest BCUT2D eigenvalue weighted by Gasteiger charge is -2.34. The number of aliphatic hydroxyl groups excluding tert-OH is 1. The molecule has 1 amide bonds. The molecule has 37 heavy (non-hydrogen) atoms. The number of hydrogen-bond donors (Lipinski definition) is 1. The first-order valence-corrected chi connectivity index (χ1v) is 12.7. The van der Waals surface area contributed by atoms with Crippen molar-refractivity contribution in [1.82, 2.24) is 4.90 Å². The summed E-state index contributed by atoms with van der Waals surface area (Å²) >= 11 is 0. The van der Waals surface area contributed by atoms with Gasteiger partial charge in [0.2, 0.25) is 0 Å². The SMILES string of the molecule is Cc1cccc(C2/C(=C(\O)c3cc(C)ccc3C)C(=O)C(=O)N2c2ccc(N3CCN(C)CC3)cc2)c1. The van der Waals surface area contributed by atoms with Gasteiger partial charge in [0, 0.05) is 43.1 Å². The zero-order valence-electron chi connectivity index (χ0n) is 21.9. The van der Waals surface area contributed by atoms with Crippen LogP contribution in [-0.4, -0.2) is 54.9 Å². The molecule has 2 saturated heterocycles. The molecule has 0 bridgehead atoms. The van der Waals surface area contributed by atoms with Crippen LogP contribution in [0.3, 0.4) is 0 Å². The Hall–Kier alpha value is -3.90. The van der Waals surface area contributed by atoms with Gasteiger partial charge in [-0.2, -0.15) is 0 Å². The summed E-state index contributed by atoms with van der Waals surface area (Å²) < 4.78 is 0. The summed E-state index contributed by atoms with van der Waals surface area (Å²) in [6, 6.07) is 20.6. The minimum atomic E-state index is -0.728. The summed E-state index contributed by atoms with van der Waals surface area (Å²) in [6.07, 6.45) is 0. The van der Waals surface area contributed by atoms with Gasteiger partial charge in [0.15, 0.2) is 0 Å². The zero-order valence-corrected chi connectivity index (χ0v) is 21.9. The van der Waals surface area contributed by atoms with Crippen molar-refractivity contribution in [2.75, 3.05) is 43.0 Å². The average molecular weight is 496 g/mol. The van der Waals surface area contributed by atoms with E-state index in [2.05, 4.69) is 16.8 Å². The van der Waals surface area contributed by atoms with E-state index in [-0.39, 0.29) is 11.3 Å². The smallest absolute Gasteiger partial charge is 0.300 e. The van der Waals surface area contributed by atoms with Crippen molar-refractivity contribution >= 4 is 28.8 Å². The number of aryl methyl sites for hydroxylation is 3. The minimum absolute atomic E-state index is 0.118. The first-order chi connectivity index (χ1) is 17.7. The fraction of sp³-hybridized carbons (Fsp3) is 0.290. The Morgan fingerprint density at radius 2 is 1.46 bits per heavy atom. The quantitative estimate of drug-likeness (QED) is 0.314. The highest BCUT2D eigenvalue weighted by atomic mass is 16.3. The Bertz CT molecular complexity index is 1390. The Kier molecular flexibility index (Phi) is 6.61. The fourth-order valence-corrected chi connectivity index (χ4v) is 5.28. The molecule has 5 rings (SSSR count). The van der Waals surface area contributed by atoms with Crippen molar-refractivity contribution in [2.24, 2.45) is 0 Å². The molecule has 2 heterocycles. The van der Waals surface area contributed by atoms with Gasteiger partial charge in [0.05, 0.1) is 11.6 Å². The van der Waals surface area contributed by atoms with E-state index in [1.807, 2.05) is 87.5 Å². The molecular weight excluding hydrogens is 462 g/mol. The van der Waals surface area contributed by atoms with E-state index >= 15 is 0 Å². The molecule has 6 heteroatoms. The molecule has 3 aromatic rings. The number of carbonyl (C=O) groups excluding carboxylic acids is 2. The third-order valence-electron chi connectivity index (χ3n) is 7.45. The van der Waals surface area contributed by atoms with Crippen LogP contribution in [0.1, 0.15) is 33.9 Å². The molecule has 0 radical (unpaired) electrons. The van der Waals surface area contributed by atoms with E-state index in [0.717, 1.165) is 54.1 Å². The van der Waals surface area contributed by atoms with Gasteiger partial charge in [-0.25, -0.2) is 0 Å². The number of nitrogens with zero attached hydrogens (tertiary/aromatic N) is 3. The molecule has 0 saturated carbocycles. The molecule has 1 N–H and O–H groups in total. The number of aliphatic hydroxyl groups is 1. The van der Waals surface area contributed by atoms with Crippen molar-refractivity contribution in [3.63, 3.8) is 0 Å². The Morgan fingerprint density at radius 1 is 0.811 bits per heavy atom. The van der Waals surface area contributed by atoms with Crippen LogP contribution >= 0.6 is 0 Å². The number of carbonyl (C=O) groups is 2. The first-order valence-electron chi connectivity index (χ1n) is 12.7. The minimum Gasteiger partial charge on any atom is -0.507 e. The summed E-state index contributed by atoms with van der Waals surface area (Å²) in [5.74, 6) is -1.44. The van der Waals surface area contributed by atoms with E-state index in [4.69, 9.17) is 0 Å². The van der Waals surface area contributed by atoms with Crippen molar-refractivity contribution in [3.05, 3.63) is 100 Å². The van der Waals surface area contributed by atoms with E-state index in [9.17, 15) is 14.7 Å². The summed E-state index contributed by atoms with van der Waals surface area (Å²) in [5, 5.41) is 11.5. The molecule has 190 valence electrons. The van der Waals surface area contributed by atoms with E-state index in [0.29, 0.717) is 11.3 Å². The number of amides is 1. The highest BCUT2D eigenvalue weighted by Crippen LogP contribution is 2.43. The molecule has 2 fully saturated rings. The van der Waals surface area contributed by atoms with Gasteiger partial charge < -0.3 is 14.9 Å². The van der Waals surface area contributed by atoms with Gasteiger partial charge in [-0.15, -0.1) is 0 Å². The summed E-state index contributed by atoms with van der Waals surface area (Å²) in [7, 11) is 2.13. The predicted molar refractivity (Wildman–Crippen MR) is 148 cm³/mol. The maximum atomic E-state index is 13.5. The molecule has 1 unspecified atom stereocenters. The fourth-order valence-electron chi connectivity index (χ4n) is 5.28. The van der Waals surface area contributed by atoms with Crippen LogP contribution in [-0.2, 0) is 9.59 Å². The number of piperazine rings is 1. The van der Waals surface area contributed by atoms with Crippen LogP contribution < -0.4 is 9.80 Å². The van der Waals surface area contributed by atoms with Crippen molar-refractivity contribution in [1.29, 1.82) is 0 Å². The molecule has 1 atom stereocenters. The lowest BCUT2D eigenvalue weighted by molar-refractivity contribution is -0.132. The maximum absolute atomic E-state index is 13.5. The number of rotatable bonds is 4. The summed E-state index contributed by atoms with van der Waals surface area (Å²) in [5.41, 5.74) is 6.02. The number of Topliss-reactive ketones (excluding diaryl/α,β-unsaturated/α-hetero) is 1. The molecule has 3 aromatic carbocycles. The third kappa shape index (κ3) is 4.65. The predicted octanol–water partition coefficient (Wildman–Crippen LogP) is 4.99. The number of anilines is 2. The van der Waals surface area contributed by atoms with Gasteiger partial charge in [-0.3, -0.25) is 14.5 Å². The van der Waals surface area contributed by atoms with Gasteiger partial charge in [0.1, 0.15) is 5.76 Å². The standard InChI is InChI=1S/C31H33N3O3/c1-20-6-5-7-23(18-20)28-27(29(35)26-19-21(2)8-9-22(26)3)30(36)31(37)34(28)25-12-10-24(11-13-25)33-16-14-32(4)15-17-33/h5-13,18-19,28,35H,14-17H2,1-4H3/b29-27+. The number of likely N-dealkylation sites (N-methyl/N-ethyl adjacent to an activating group) is 1. The maximum Gasteiger partial charge on any atom is 0.300 e. The average Bonchev–Trinajstić information content (AvgIpc) is 3.16. The molecule has 0 aromatic heterocycles. The van der Waals surface area contributed by atoms with Crippen LogP contribution in [0.25, 0.3) is 5.76 Å². The van der Waals surface area contributed by atoms with Crippen LogP contribution in [0, 0.1) is 20.8 Å². The topological polar surface area (TPSA) is 64.1 Å². The van der Waals surface area contributed by atoms with E-state index in [1.54, 1.807) is 0 Å². The van der Waals surface area contributed by atoms with E-state index < -0.39 is 17.7 Å². The largest absolute Gasteiger partial charge is 0.507 e.